The third-order valence-corrected chi connectivity index (χ3v) is 2.64. The van der Waals surface area contributed by atoms with Gasteiger partial charge in [0, 0.05) is 6.42 Å². The zero-order valence-corrected chi connectivity index (χ0v) is 11.3. The van der Waals surface area contributed by atoms with Gasteiger partial charge < -0.3 is 15.2 Å². The molecular formula is C15H17NO4. The second-order valence-electron chi connectivity index (χ2n) is 4.23. The molecule has 1 aromatic carbocycles. The summed E-state index contributed by atoms with van der Waals surface area (Å²) >= 11 is 0. The van der Waals surface area contributed by atoms with Crippen LogP contribution in [0.3, 0.4) is 0 Å². The maximum absolute atomic E-state index is 11.6. The second kappa shape index (κ2) is 7.85. The van der Waals surface area contributed by atoms with E-state index in [1.165, 1.54) is 0 Å². The quantitative estimate of drug-likeness (QED) is 0.737. The van der Waals surface area contributed by atoms with E-state index in [2.05, 4.69) is 11.2 Å². The summed E-state index contributed by atoms with van der Waals surface area (Å²) in [6.07, 6.45) is 5.08. The molecule has 1 amide bonds. The molecule has 5 nitrogen and oxygen atoms in total. The number of hydrogen-bond acceptors (Lipinski definition) is 3. The van der Waals surface area contributed by atoms with Gasteiger partial charge in [0.2, 0.25) is 5.91 Å². The van der Waals surface area contributed by atoms with Crippen molar-refractivity contribution in [2.45, 2.75) is 25.8 Å². The molecule has 0 aromatic heterocycles. The molecule has 0 aliphatic carbocycles. The van der Waals surface area contributed by atoms with Crippen molar-refractivity contribution in [1.82, 2.24) is 5.32 Å². The molecule has 106 valence electrons. The summed E-state index contributed by atoms with van der Waals surface area (Å²) < 4.78 is 5.46. The van der Waals surface area contributed by atoms with Crippen molar-refractivity contribution in [3.8, 4) is 18.1 Å². The van der Waals surface area contributed by atoms with E-state index in [-0.39, 0.29) is 19.4 Å². The van der Waals surface area contributed by atoms with Gasteiger partial charge in [-0.15, -0.1) is 12.3 Å². The highest BCUT2D eigenvalue weighted by Crippen LogP contribution is 2.16. The summed E-state index contributed by atoms with van der Waals surface area (Å²) in [6, 6.07) is 6.40. The monoisotopic (exact) mass is 275 g/mol. The zero-order valence-electron chi connectivity index (χ0n) is 11.3. The van der Waals surface area contributed by atoms with Gasteiger partial charge in [-0.25, -0.2) is 4.79 Å². The summed E-state index contributed by atoms with van der Waals surface area (Å²) in [6.45, 7) is 2.09. The number of terminal acetylenes is 1. The smallest absolute Gasteiger partial charge is 0.327 e. The van der Waals surface area contributed by atoms with Crippen molar-refractivity contribution in [2.75, 3.05) is 6.61 Å². The van der Waals surface area contributed by atoms with Crippen molar-refractivity contribution in [1.29, 1.82) is 0 Å². The normalized spacial score (nSPS) is 11.2. The molecule has 0 fully saturated rings. The van der Waals surface area contributed by atoms with Crippen LogP contribution in [0.2, 0.25) is 0 Å². The van der Waals surface area contributed by atoms with Crippen molar-refractivity contribution in [2.24, 2.45) is 0 Å². The molecule has 1 rings (SSSR count). The van der Waals surface area contributed by atoms with Gasteiger partial charge in [0.1, 0.15) is 11.8 Å². The second-order valence-corrected chi connectivity index (χ2v) is 4.23. The Morgan fingerprint density at radius 2 is 2.15 bits per heavy atom. The fraction of sp³-hybridized carbons (Fsp3) is 0.333. The van der Waals surface area contributed by atoms with E-state index in [4.69, 9.17) is 16.3 Å². The van der Waals surface area contributed by atoms with Crippen LogP contribution in [0.25, 0.3) is 0 Å². The lowest BCUT2D eigenvalue weighted by Gasteiger charge is -2.12. The zero-order chi connectivity index (χ0) is 15.0. The molecule has 1 atom stereocenters. The van der Waals surface area contributed by atoms with Crippen molar-refractivity contribution < 1.29 is 19.4 Å². The van der Waals surface area contributed by atoms with E-state index in [1.54, 1.807) is 0 Å². The number of rotatable bonds is 7. The Kier molecular flexibility index (Phi) is 6.11. The Morgan fingerprint density at radius 3 is 2.75 bits per heavy atom. The van der Waals surface area contributed by atoms with E-state index in [0.29, 0.717) is 5.75 Å². The Hall–Kier alpha value is -2.48. The van der Waals surface area contributed by atoms with Crippen LogP contribution in [-0.4, -0.2) is 29.6 Å². The van der Waals surface area contributed by atoms with Gasteiger partial charge in [0.25, 0.3) is 0 Å². The number of aliphatic carboxylic acids is 1. The fourth-order valence-electron chi connectivity index (χ4n) is 1.56. The Morgan fingerprint density at radius 1 is 1.45 bits per heavy atom. The molecule has 0 bridgehead atoms. The van der Waals surface area contributed by atoms with Gasteiger partial charge in [-0.3, -0.25) is 4.79 Å². The first-order valence-electron chi connectivity index (χ1n) is 6.18. The molecule has 0 aliphatic heterocycles. The highest BCUT2D eigenvalue weighted by molar-refractivity contribution is 5.83. The Labute approximate surface area is 117 Å². The minimum atomic E-state index is -1.14. The molecule has 5 heteroatoms. The molecule has 0 spiro atoms. The number of nitrogens with one attached hydrogen (secondary N) is 1. The van der Waals surface area contributed by atoms with E-state index < -0.39 is 17.9 Å². The number of carbonyl (C=O) groups is 2. The minimum absolute atomic E-state index is 0.0419. The maximum Gasteiger partial charge on any atom is 0.327 e. The third-order valence-electron chi connectivity index (χ3n) is 2.64. The number of carboxylic acid groups (broad SMARTS) is 1. The number of carbonyl (C=O) groups excluding carboxylic acids is 1. The standard InChI is InChI=1S/C15H17NO4/c1-3-6-12(15(18)19)16-14(17)9-10-20-13-8-5-4-7-11(13)2/h1,4-5,7-8,12H,6,9-10H2,2H3,(H,16,17)(H,18,19). The predicted molar refractivity (Wildman–Crippen MR) is 74.3 cm³/mol. The first-order chi connectivity index (χ1) is 9.54. The largest absolute Gasteiger partial charge is 0.493 e. The van der Waals surface area contributed by atoms with Crippen LogP contribution in [0, 0.1) is 19.3 Å². The topological polar surface area (TPSA) is 75.6 Å². The summed E-state index contributed by atoms with van der Waals surface area (Å²) in [5.74, 6) is 1.38. The summed E-state index contributed by atoms with van der Waals surface area (Å²) in [5.41, 5.74) is 0.976. The maximum atomic E-state index is 11.6. The van der Waals surface area contributed by atoms with Crippen LogP contribution >= 0.6 is 0 Å². The summed E-state index contributed by atoms with van der Waals surface area (Å²) in [5, 5.41) is 11.2. The highest BCUT2D eigenvalue weighted by atomic mass is 16.5. The lowest BCUT2D eigenvalue weighted by molar-refractivity contribution is -0.141. The van der Waals surface area contributed by atoms with Crippen LogP contribution in [0.5, 0.6) is 5.75 Å². The number of hydrogen-bond donors (Lipinski definition) is 2. The van der Waals surface area contributed by atoms with Crippen molar-refractivity contribution in [3.63, 3.8) is 0 Å². The average molecular weight is 275 g/mol. The lowest BCUT2D eigenvalue weighted by atomic mass is 10.2. The first kappa shape index (κ1) is 15.6. The molecule has 0 radical (unpaired) electrons. The SMILES string of the molecule is C#CCC(NC(=O)CCOc1ccccc1C)C(=O)O. The minimum Gasteiger partial charge on any atom is -0.493 e. The van der Waals surface area contributed by atoms with Gasteiger partial charge in [0.15, 0.2) is 0 Å². The van der Waals surface area contributed by atoms with Crippen LogP contribution in [0.15, 0.2) is 24.3 Å². The molecule has 1 aromatic rings. The van der Waals surface area contributed by atoms with Gasteiger partial charge in [-0.2, -0.15) is 0 Å². The predicted octanol–water partition coefficient (Wildman–Crippen LogP) is 1.36. The molecule has 1 unspecified atom stereocenters. The Balaban J connectivity index is 2.39. The fourth-order valence-corrected chi connectivity index (χ4v) is 1.56. The van der Waals surface area contributed by atoms with Crippen molar-refractivity contribution >= 4 is 11.9 Å². The highest BCUT2D eigenvalue weighted by Gasteiger charge is 2.18. The molecule has 0 saturated heterocycles. The van der Waals surface area contributed by atoms with Crippen molar-refractivity contribution in [3.05, 3.63) is 29.8 Å². The lowest BCUT2D eigenvalue weighted by Crippen LogP contribution is -2.40. The number of aryl methyl sites for hydroxylation is 1. The number of ether oxygens (including phenoxy) is 1. The van der Waals surface area contributed by atoms with Crippen LogP contribution in [0.4, 0.5) is 0 Å². The number of carboxylic acids is 1. The summed E-state index contributed by atoms with van der Waals surface area (Å²) in [7, 11) is 0. The van der Waals surface area contributed by atoms with Gasteiger partial charge in [-0.1, -0.05) is 18.2 Å². The number of benzene rings is 1. The van der Waals surface area contributed by atoms with Crippen LogP contribution in [-0.2, 0) is 9.59 Å². The molecule has 2 N–H and O–H groups in total. The molecular weight excluding hydrogens is 258 g/mol. The van der Waals surface area contributed by atoms with E-state index in [0.717, 1.165) is 5.56 Å². The Bertz CT molecular complexity index is 519. The average Bonchev–Trinajstić information content (AvgIpc) is 2.40. The van der Waals surface area contributed by atoms with Gasteiger partial charge >= 0.3 is 5.97 Å². The van der Waals surface area contributed by atoms with E-state index in [9.17, 15) is 9.59 Å². The molecule has 0 heterocycles. The van der Waals surface area contributed by atoms with Crippen LogP contribution < -0.4 is 10.1 Å². The third kappa shape index (κ3) is 5.02. The molecule has 0 saturated carbocycles. The van der Waals surface area contributed by atoms with Gasteiger partial charge in [-0.05, 0) is 18.6 Å². The first-order valence-corrected chi connectivity index (χ1v) is 6.18. The van der Waals surface area contributed by atoms with Crippen LogP contribution in [0.1, 0.15) is 18.4 Å². The number of amides is 1. The van der Waals surface area contributed by atoms with E-state index in [1.807, 2.05) is 31.2 Å². The summed E-state index contributed by atoms with van der Waals surface area (Å²) in [4.78, 5) is 22.4. The number of para-hydroxylation sites is 1. The molecule has 20 heavy (non-hydrogen) atoms. The molecule has 0 aliphatic rings. The van der Waals surface area contributed by atoms with Gasteiger partial charge in [0.05, 0.1) is 13.0 Å². The van der Waals surface area contributed by atoms with E-state index >= 15 is 0 Å².